The van der Waals surface area contributed by atoms with Crippen molar-refractivity contribution < 1.29 is 33.3 Å². The fourth-order valence-corrected chi connectivity index (χ4v) is 3.46. The van der Waals surface area contributed by atoms with Crippen molar-refractivity contribution >= 4 is 18.1 Å². The van der Waals surface area contributed by atoms with Gasteiger partial charge in [-0.3, -0.25) is 4.79 Å². The maximum Gasteiger partial charge on any atom is 0.511 e. The van der Waals surface area contributed by atoms with E-state index in [1.54, 1.807) is 0 Å². The second-order valence-electron chi connectivity index (χ2n) is 5.71. The SMILES string of the molecule is C=C(C)C(=O)OCOC(=O)OC1C2CC3C(=O)OC1C3C2. The molecule has 0 aromatic carbocycles. The predicted molar refractivity (Wildman–Crippen MR) is 66.7 cm³/mol. The number of esters is 2. The van der Waals surface area contributed by atoms with Crippen LogP contribution in [0.2, 0.25) is 0 Å². The van der Waals surface area contributed by atoms with Crippen LogP contribution < -0.4 is 0 Å². The molecule has 3 aliphatic rings. The predicted octanol–water partition coefficient (Wildman–Crippen LogP) is 1.17. The lowest BCUT2D eigenvalue weighted by Gasteiger charge is -2.24. The van der Waals surface area contributed by atoms with Gasteiger partial charge in [0.25, 0.3) is 0 Å². The Labute approximate surface area is 121 Å². The summed E-state index contributed by atoms with van der Waals surface area (Å²) in [5, 5.41) is 0. The lowest BCUT2D eigenvalue weighted by atomic mass is 9.88. The largest absolute Gasteiger partial charge is 0.511 e. The first-order valence-corrected chi connectivity index (χ1v) is 6.84. The summed E-state index contributed by atoms with van der Waals surface area (Å²) in [6, 6.07) is 0. The molecule has 5 atom stereocenters. The van der Waals surface area contributed by atoms with Crippen molar-refractivity contribution in [2.24, 2.45) is 17.8 Å². The Kier molecular flexibility index (Phi) is 3.35. The molecule has 114 valence electrons. The van der Waals surface area contributed by atoms with Gasteiger partial charge < -0.3 is 18.9 Å². The molecule has 2 bridgehead atoms. The van der Waals surface area contributed by atoms with Crippen LogP contribution in [0.5, 0.6) is 0 Å². The molecular weight excluding hydrogens is 280 g/mol. The third-order valence-electron chi connectivity index (χ3n) is 4.36. The van der Waals surface area contributed by atoms with Gasteiger partial charge in [-0.1, -0.05) is 6.58 Å². The van der Waals surface area contributed by atoms with Gasteiger partial charge in [0.2, 0.25) is 6.79 Å². The molecule has 7 heteroatoms. The van der Waals surface area contributed by atoms with E-state index in [1.807, 2.05) is 0 Å². The summed E-state index contributed by atoms with van der Waals surface area (Å²) in [4.78, 5) is 34.3. The molecule has 5 unspecified atom stereocenters. The van der Waals surface area contributed by atoms with E-state index in [1.165, 1.54) is 6.92 Å². The maximum absolute atomic E-state index is 11.6. The average molecular weight is 296 g/mol. The van der Waals surface area contributed by atoms with E-state index in [0.29, 0.717) is 6.42 Å². The van der Waals surface area contributed by atoms with Crippen LogP contribution in [0.25, 0.3) is 0 Å². The minimum Gasteiger partial charge on any atom is -0.458 e. The fraction of sp³-hybridized carbons (Fsp3) is 0.643. The van der Waals surface area contributed by atoms with Crippen molar-refractivity contribution in [1.29, 1.82) is 0 Å². The highest BCUT2D eigenvalue weighted by Crippen LogP contribution is 2.55. The van der Waals surface area contributed by atoms with E-state index in [4.69, 9.17) is 9.47 Å². The molecule has 0 N–H and O–H groups in total. The van der Waals surface area contributed by atoms with Crippen molar-refractivity contribution in [3.05, 3.63) is 12.2 Å². The summed E-state index contributed by atoms with van der Waals surface area (Å²) in [7, 11) is 0. The average Bonchev–Trinajstić information content (AvgIpc) is 3.03. The summed E-state index contributed by atoms with van der Waals surface area (Å²) in [5.74, 6) is -0.575. The molecule has 21 heavy (non-hydrogen) atoms. The molecule has 1 aliphatic heterocycles. The zero-order valence-corrected chi connectivity index (χ0v) is 11.6. The molecule has 2 saturated carbocycles. The molecule has 0 amide bonds. The molecule has 0 aromatic heterocycles. The van der Waals surface area contributed by atoms with E-state index < -0.39 is 25.0 Å². The number of ether oxygens (including phenoxy) is 4. The Bertz CT molecular complexity index is 511. The molecule has 2 aliphatic carbocycles. The van der Waals surface area contributed by atoms with Crippen LogP contribution in [-0.4, -0.2) is 37.1 Å². The lowest BCUT2D eigenvalue weighted by molar-refractivity contribution is -0.152. The summed E-state index contributed by atoms with van der Waals surface area (Å²) in [5.41, 5.74) is 0.212. The summed E-state index contributed by atoms with van der Waals surface area (Å²) in [6.07, 6.45) is -0.206. The normalized spacial score (nSPS) is 35.3. The van der Waals surface area contributed by atoms with Gasteiger partial charge in [-0.05, 0) is 19.8 Å². The first kappa shape index (κ1) is 13.9. The third-order valence-corrected chi connectivity index (χ3v) is 4.36. The van der Waals surface area contributed by atoms with Crippen LogP contribution >= 0.6 is 0 Å². The van der Waals surface area contributed by atoms with Gasteiger partial charge in [-0.25, -0.2) is 9.59 Å². The van der Waals surface area contributed by atoms with Crippen LogP contribution in [0.3, 0.4) is 0 Å². The van der Waals surface area contributed by atoms with Gasteiger partial charge >= 0.3 is 18.1 Å². The van der Waals surface area contributed by atoms with Crippen LogP contribution in [-0.2, 0) is 28.5 Å². The van der Waals surface area contributed by atoms with E-state index in [9.17, 15) is 14.4 Å². The number of carbonyl (C=O) groups is 3. The van der Waals surface area contributed by atoms with Gasteiger partial charge in [0.15, 0.2) is 0 Å². The Morgan fingerprint density at radius 2 is 2.10 bits per heavy atom. The van der Waals surface area contributed by atoms with Gasteiger partial charge in [0, 0.05) is 17.4 Å². The molecule has 1 heterocycles. The standard InChI is InChI=1S/C14H16O7/c1-6(2)12(15)18-5-19-14(17)21-10-7-3-8-9(4-7)13(16)20-11(8)10/h7-11H,1,3-5H2,2H3. The van der Waals surface area contributed by atoms with E-state index in [2.05, 4.69) is 16.1 Å². The second kappa shape index (κ2) is 5.05. The Morgan fingerprint density at radius 3 is 2.81 bits per heavy atom. The van der Waals surface area contributed by atoms with Gasteiger partial charge in [0.05, 0.1) is 5.92 Å². The van der Waals surface area contributed by atoms with Crippen LogP contribution in [0.15, 0.2) is 12.2 Å². The van der Waals surface area contributed by atoms with Gasteiger partial charge in [-0.2, -0.15) is 0 Å². The Hall–Kier alpha value is -2.05. The topological polar surface area (TPSA) is 88.1 Å². The number of hydrogen-bond donors (Lipinski definition) is 0. The van der Waals surface area contributed by atoms with Crippen LogP contribution in [0, 0.1) is 17.8 Å². The van der Waals surface area contributed by atoms with Crippen LogP contribution in [0.4, 0.5) is 4.79 Å². The highest BCUT2D eigenvalue weighted by atomic mass is 16.8. The van der Waals surface area contributed by atoms with Crippen molar-refractivity contribution in [2.75, 3.05) is 6.79 Å². The molecule has 7 nitrogen and oxygen atoms in total. The third kappa shape index (κ3) is 2.36. The van der Waals surface area contributed by atoms with Crippen LogP contribution in [0.1, 0.15) is 19.8 Å². The molecule has 3 rings (SSSR count). The first-order chi connectivity index (χ1) is 9.97. The first-order valence-electron chi connectivity index (χ1n) is 6.84. The van der Waals surface area contributed by atoms with Crippen molar-refractivity contribution in [3.63, 3.8) is 0 Å². The molecule has 1 saturated heterocycles. The van der Waals surface area contributed by atoms with E-state index in [-0.39, 0.29) is 35.4 Å². The fourth-order valence-electron chi connectivity index (χ4n) is 3.46. The minimum absolute atomic E-state index is 0.0348. The Balaban J connectivity index is 1.47. The number of rotatable bonds is 4. The zero-order valence-electron chi connectivity index (χ0n) is 11.6. The molecule has 3 fully saturated rings. The van der Waals surface area contributed by atoms with Gasteiger partial charge in [0.1, 0.15) is 12.2 Å². The summed E-state index contributed by atoms with van der Waals surface area (Å²) in [6.45, 7) is 4.36. The number of carbonyl (C=O) groups excluding carboxylic acids is 3. The van der Waals surface area contributed by atoms with Crippen molar-refractivity contribution in [2.45, 2.75) is 32.0 Å². The molecule has 0 spiro atoms. The lowest BCUT2D eigenvalue weighted by Crippen LogP contribution is -2.36. The highest BCUT2D eigenvalue weighted by molar-refractivity contribution is 5.86. The monoisotopic (exact) mass is 296 g/mol. The number of hydrogen-bond acceptors (Lipinski definition) is 7. The molecular formula is C14H16O7. The molecule has 0 radical (unpaired) electrons. The highest BCUT2D eigenvalue weighted by Gasteiger charge is 2.63. The van der Waals surface area contributed by atoms with Crippen molar-refractivity contribution in [1.82, 2.24) is 0 Å². The Morgan fingerprint density at radius 1 is 1.33 bits per heavy atom. The second-order valence-corrected chi connectivity index (χ2v) is 5.71. The van der Waals surface area contributed by atoms with E-state index in [0.717, 1.165) is 6.42 Å². The van der Waals surface area contributed by atoms with E-state index >= 15 is 0 Å². The molecule has 0 aromatic rings. The summed E-state index contributed by atoms with van der Waals surface area (Å²) < 4.78 is 19.8. The number of fused-ring (bicyclic) bond motifs is 1. The van der Waals surface area contributed by atoms with Crippen molar-refractivity contribution in [3.8, 4) is 0 Å². The minimum atomic E-state index is -0.929. The maximum atomic E-state index is 11.6. The zero-order chi connectivity index (χ0) is 15.1. The van der Waals surface area contributed by atoms with Gasteiger partial charge in [-0.15, -0.1) is 0 Å². The smallest absolute Gasteiger partial charge is 0.458 e. The summed E-state index contributed by atoms with van der Waals surface area (Å²) >= 11 is 0. The quantitative estimate of drug-likeness (QED) is 0.333.